The Bertz CT molecular complexity index is 968. The van der Waals surface area contributed by atoms with Crippen molar-refractivity contribution in [3.05, 3.63) is 39.3 Å². The molecule has 8 heteroatoms. The van der Waals surface area contributed by atoms with Crippen LogP contribution in [0.4, 0.5) is 10.5 Å². The van der Waals surface area contributed by atoms with Gasteiger partial charge in [-0.15, -0.1) is 0 Å². The van der Waals surface area contributed by atoms with E-state index < -0.39 is 23.7 Å². The van der Waals surface area contributed by atoms with Gasteiger partial charge in [-0.3, -0.25) is 19.3 Å². The maximum Gasteiger partial charge on any atom is 0.325 e. The molecular weight excluding hydrogens is 412 g/mol. The maximum atomic E-state index is 12.6. The zero-order valence-corrected chi connectivity index (χ0v) is 18.6. The lowest BCUT2D eigenvalue weighted by Crippen LogP contribution is -2.44. The number of halogens is 1. The molecule has 29 heavy (non-hydrogen) atoms. The van der Waals surface area contributed by atoms with E-state index in [-0.39, 0.29) is 10.4 Å². The molecule has 0 aromatic heterocycles. The first-order valence-corrected chi connectivity index (χ1v) is 10.4. The molecule has 154 valence electrons. The standard InChI is InChI=1S/C21H23ClN2O4S/c1-6-24-16-9-15(22)13(7-14(16)12(2)10-21(24,3)4)8-17-19(26)23(20(27)29-17)11-18(25)28-5/h7-10H,6,11H2,1-5H3/b17-8-. The third-order valence-electron chi connectivity index (χ3n) is 5.09. The fourth-order valence-electron chi connectivity index (χ4n) is 3.77. The Morgan fingerprint density at radius 3 is 2.62 bits per heavy atom. The Morgan fingerprint density at radius 1 is 1.31 bits per heavy atom. The molecule has 0 radical (unpaired) electrons. The topological polar surface area (TPSA) is 66.9 Å². The third kappa shape index (κ3) is 3.94. The predicted octanol–water partition coefficient (Wildman–Crippen LogP) is 4.57. The van der Waals surface area contributed by atoms with Crippen LogP contribution in [0.1, 0.15) is 38.8 Å². The Hall–Kier alpha value is -2.25. The summed E-state index contributed by atoms with van der Waals surface area (Å²) in [5.74, 6) is -1.17. The molecule has 0 N–H and O–H groups in total. The predicted molar refractivity (Wildman–Crippen MR) is 117 cm³/mol. The molecule has 0 unspecified atom stereocenters. The first-order chi connectivity index (χ1) is 13.6. The number of rotatable bonds is 4. The average molecular weight is 435 g/mol. The monoisotopic (exact) mass is 434 g/mol. The van der Waals surface area contributed by atoms with E-state index in [0.717, 1.165) is 40.0 Å². The van der Waals surface area contributed by atoms with Crippen molar-refractivity contribution >= 4 is 57.8 Å². The molecule has 0 aliphatic carbocycles. The lowest BCUT2D eigenvalue weighted by atomic mass is 9.88. The number of nitrogens with zero attached hydrogens (tertiary/aromatic N) is 2. The smallest absolute Gasteiger partial charge is 0.325 e. The Morgan fingerprint density at radius 2 is 2.00 bits per heavy atom. The van der Waals surface area contributed by atoms with Gasteiger partial charge in [-0.25, -0.2) is 0 Å². The first-order valence-electron chi connectivity index (χ1n) is 9.22. The molecular formula is C21H23ClN2O4S. The zero-order valence-electron chi connectivity index (χ0n) is 17.0. The molecule has 1 saturated heterocycles. The Balaban J connectivity index is 2.00. The van der Waals surface area contributed by atoms with E-state index >= 15 is 0 Å². The summed E-state index contributed by atoms with van der Waals surface area (Å²) >= 11 is 7.33. The van der Waals surface area contributed by atoms with Gasteiger partial charge in [0, 0.05) is 22.8 Å². The summed E-state index contributed by atoms with van der Waals surface area (Å²) in [6.45, 7) is 8.88. The van der Waals surface area contributed by atoms with Gasteiger partial charge in [0.15, 0.2) is 0 Å². The van der Waals surface area contributed by atoms with Gasteiger partial charge in [0.2, 0.25) is 0 Å². The number of imide groups is 1. The van der Waals surface area contributed by atoms with Crippen LogP contribution in [0.25, 0.3) is 11.6 Å². The maximum absolute atomic E-state index is 12.6. The lowest BCUT2D eigenvalue weighted by Gasteiger charge is -2.43. The van der Waals surface area contributed by atoms with E-state index in [1.165, 1.54) is 7.11 Å². The normalized spacial score (nSPS) is 19.5. The van der Waals surface area contributed by atoms with E-state index in [1.807, 2.05) is 12.1 Å². The molecule has 0 saturated carbocycles. The fraction of sp³-hybridized carbons (Fsp3) is 0.381. The summed E-state index contributed by atoms with van der Waals surface area (Å²) in [5.41, 5.74) is 3.72. The molecule has 2 aliphatic heterocycles. The number of benzene rings is 1. The number of hydrogen-bond acceptors (Lipinski definition) is 6. The number of methoxy groups -OCH3 is 1. The summed E-state index contributed by atoms with van der Waals surface area (Å²) in [4.78, 5) is 39.5. The Kier molecular flexibility index (Phi) is 5.83. The van der Waals surface area contributed by atoms with Crippen molar-refractivity contribution in [2.75, 3.05) is 25.1 Å². The number of fused-ring (bicyclic) bond motifs is 1. The van der Waals surface area contributed by atoms with Crippen molar-refractivity contribution in [1.29, 1.82) is 0 Å². The highest BCUT2D eigenvalue weighted by atomic mass is 35.5. The number of ether oxygens (including phenoxy) is 1. The molecule has 1 fully saturated rings. The van der Waals surface area contributed by atoms with Crippen molar-refractivity contribution in [3.63, 3.8) is 0 Å². The van der Waals surface area contributed by atoms with Gasteiger partial charge in [-0.05, 0) is 68.8 Å². The van der Waals surface area contributed by atoms with Gasteiger partial charge in [-0.2, -0.15) is 0 Å². The van der Waals surface area contributed by atoms with Crippen molar-refractivity contribution in [2.24, 2.45) is 0 Å². The zero-order chi connectivity index (χ0) is 21.5. The summed E-state index contributed by atoms with van der Waals surface area (Å²) in [5, 5.41) is -0.0109. The molecule has 2 heterocycles. The number of hydrogen-bond donors (Lipinski definition) is 0. The van der Waals surface area contributed by atoms with Gasteiger partial charge in [0.05, 0.1) is 17.6 Å². The van der Waals surface area contributed by atoms with Gasteiger partial charge in [0.25, 0.3) is 11.1 Å². The highest BCUT2D eigenvalue weighted by Gasteiger charge is 2.37. The largest absolute Gasteiger partial charge is 0.468 e. The third-order valence-corrected chi connectivity index (χ3v) is 6.32. The van der Waals surface area contributed by atoms with Gasteiger partial charge in [0.1, 0.15) is 6.54 Å². The number of allylic oxidation sites excluding steroid dienone is 1. The number of carbonyl (C=O) groups excluding carboxylic acids is 3. The second-order valence-electron chi connectivity index (χ2n) is 7.46. The van der Waals surface area contributed by atoms with Crippen LogP contribution in [0.15, 0.2) is 23.1 Å². The molecule has 3 rings (SSSR count). The molecule has 0 atom stereocenters. The number of esters is 1. The molecule has 2 aliphatic rings. The molecule has 0 spiro atoms. The van der Waals surface area contributed by atoms with Crippen molar-refractivity contribution in [3.8, 4) is 0 Å². The first kappa shape index (κ1) is 21.5. The van der Waals surface area contributed by atoms with Crippen molar-refractivity contribution < 1.29 is 19.1 Å². The number of thioether (sulfide) groups is 1. The second-order valence-corrected chi connectivity index (χ2v) is 8.86. The van der Waals surface area contributed by atoms with Gasteiger partial charge < -0.3 is 9.64 Å². The number of likely N-dealkylation sites (N-methyl/N-ethyl adjacent to an activating group) is 1. The number of anilines is 1. The number of carbonyl (C=O) groups is 3. The Labute approximate surface area is 179 Å². The van der Waals surface area contributed by atoms with Crippen LogP contribution in [-0.2, 0) is 14.3 Å². The second kappa shape index (κ2) is 7.88. The van der Waals surface area contributed by atoms with Crippen LogP contribution < -0.4 is 4.90 Å². The van der Waals surface area contributed by atoms with Crippen molar-refractivity contribution in [1.82, 2.24) is 4.90 Å². The SMILES string of the molecule is CCN1c2cc(Cl)c(/C=C3\SC(=O)N(CC(=O)OC)C3=O)cc2C(C)=CC1(C)C. The van der Waals surface area contributed by atoms with E-state index in [9.17, 15) is 14.4 Å². The molecule has 6 nitrogen and oxygen atoms in total. The minimum Gasteiger partial charge on any atom is -0.468 e. The number of amides is 2. The summed E-state index contributed by atoms with van der Waals surface area (Å²) in [6.07, 6.45) is 3.81. The highest BCUT2D eigenvalue weighted by molar-refractivity contribution is 8.18. The summed E-state index contributed by atoms with van der Waals surface area (Å²) < 4.78 is 4.55. The molecule has 1 aromatic carbocycles. The van der Waals surface area contributed by atoms with Crippen LogP contribution in [0, 0.1) is 0 Å². The highest BCUT2D eigenvalue weighted by Crippen LogP contribution is 2.42. The molecule has 1 aromatic rings. The van der Waals surface area contributed by atoms with Crippen LogP contribution >= 0.6 is 23.4 Å². The molecule has 0 bridgehead atoms. The minimum absolute atomic E-state index is 0.132. The van der Waals surface area contributed by atoms with Crippen LogP contribution in [-0.4, -0.2) is 47.8 Å². The van der Waals surface area contributed by atoms with E-state index in [2.05, 4.69) is 43.4 Å². The van der Waals surface area contributed by atoms with Gasteiger partial charge >= 0.3 is 5.97 Å². The van der Waals surface area contributed by atoms with Crippen LogP contribution in [0.3, 0.4) is 0 Å². The quantitative estimate of drug-likeness (QED) is 0.510. The van der Waals surface area contributed by atoms with Gasteiger partial charge in [-0.1, -0.05) is 17.7 Å². The van der Waals surface area contributed by atoms with E-state index in [1.54, 1.807) is 6.08 Å². The van der Waals surface area contributed by atoms with Crippen LogP contribution in [0.5, 0.6) is 0 Å². The summed E-state index contributed by atoms with van der Waals surface area (Å²) in [7, 11) is 1.21. The molecule has 2 amide bonds. The average Bonchev–Trinajstić information content (AvgIpc) is 2.90. The lowest BCUT2D eigenvalue weighted by molar-refractivity contribution is -0.143. The summed E-state index contributed by atoms with van der Waals surface area (Å²) in [6, 6.07) is 3.85. The van der Waals surface area contributed by atoms with E-state index in [0.29, 0.717) is 10.6 Å². The minimum atomic E-state index is -0.650. The fourth-order valence-corrected chi connectivity index (χ4v) is 4.82. The van der Waals surface area contributed by atoms with Crippen LogP contribution in [0.2, 0.25) is 5.02 Å². The van der Waals surface area contributed by atoms with Crippen molar-refractivity contribution in [2.45, 2.75) is 33.2 Å². The van der Waals surface area contributed by atoms with E-state index in [4.69, 9.17) is 11.6 Å².